The number of carbonyl (C=O) groups is 1. The Balaban J connectivity index is 3.02. The molecule has 0 atom stereocenters. The predicted molar refractivity (Wildman–Crippen MR) is 93.6 cm³/mol. The van der Waals surface area contributed by atoms with Crippen molar-refractivity contribution in [3.63, 3.8) is 0 Å². The summed E-state index contributed by atoms with van der Waals surface area (Å²) in [6, 6.07) is 3.69. The van der Waals surface area contributed by atoms with Gasteiger partial charge in [-0.25, -0.2) is 9.78 Å². The number of pyridine rings is 1. The Morgan fingerprint density at radius 2 is 2.18 bits per heavy atom. The van der Waals surface area contributed by atoms with Crippen molar-refractivity contribution in [2.45, 2.75) is 13.8 Å². The van der Waals surface area contributed by atoms with Crippen LogP contribution in [0.1, 0.15) is 19.4 Å². The van der Waals surface area contributed by atoms with E-state index >= 15 is 0 Å². The molecule has 2 N–H and O–H groups in total. The van der Waals surface area contributed by atoms with Crippen molar-refractivity contribution in [1.29, 1.82) is 0 Å². The van der Waals surface area contributed by atoms with Gasteiger partial charge < -0.3 is 10.1 Å². The molecular formula is C16H19N3O2S. The third-order valence-corrected chi connectivity index (χ3v) is 2.96. The van der Waals surface area contributed by atoms with Crippen molar-refractivity contribution in [3.8, 4) is 0 Å². The van der Waals surface area contributed by atoms with Gasteiger partial charge in [0.15, 0.2) is 5.11 Å². The Morgan fingerprint density at radius 1 is 1.45 bits per heavy atom. The molecule has 0 fully saturated rings. The van der Waals surface area contributed by atoms with Crippen LogP contribution in [0.25, 0.3) is 5.57 Å². The number of hydrogen-bond donors (Lipinski definition) is 2. The van der Waals surface area contributed by atoms with Crippen molar-refractivity contribution < 1.29 is 9.53 Å². The van der Waals surface area contributed by atoms with E-state index in [1.165, 1.54) is 0 Å². The van der Waals surface area contributed by atoms with Crippen LogP contribution in [0.3, 0.4) is 0 Å². The molecule has 5 nitrogen and oxygen atoms in total. The van der Waals surface area contributed by atoms with Gasteiger partial charge in [-0.2, -0.15) is 0 Å². The first-order valence-corrected chi connectivity index (χ1v) is 7.10. The number of carbonyl (C=O) groups excluding carboxylic acids is 1. The van der Waals surface area contributed by atoms with E-state index in [4.69, 9.17) is 17.0 Å². The zero-order valence-electron chi connectivity index (χ0n) is 12.7. The van der Waals surface area contributed by atoms with Crippen LogP contribution in [0.15, 0.2) is 49.2 Å². The van der Waals surface area contributed by atoms with Crippen molar-refractivity contribution in [2.75, 3.05) is 11.9 Å². The summed E-state index contributed by atoms with van der Waals surface area (Å²) in [5.41, 5.74) is 2.64. The fraction of sp³-hybridized carbons (Fsp3) is 0.188. The number of allylic oxidation sites excluding steroid dienone is 4. The van der Waals surface area contributed by atoms with E-state index in [-0.39, 0.29) is 11.7 Å². The Kier molecular flexibility index (Phi) is 6.98. The van der Waals surface area contributed by atoms with Gasteiger partial charge in [0, 0.05) is 11.8 Å². The lowest BCUT2D eigenvalue weighted by molar-refractivity contribution is 0.158. The summed E-state index contributed by atoms with van der Waals surface area (Å²) in [5, 5.41) is 5.41. The first kappa shape index (κ1) is 17.6. The van der Waals surface area contributed by atoms with Crippen LogP contribution >= 0.6 is 12.2 Å². The highest BCUT2D eigenvalue weighted by Gasteiger charge is 2.11. The van der Waals surface area contributed by atoms with E-state index in [2.05, 4.69) is 28.8 Å². The number of anilines is 1. The average molecular weight is 317 g/mol. The second-order valence-electron chi connectivity index (χ2n) is 4.20. The quantitative estimate of drug-likeness (QED) is 0.641. The lowest BCUT2D eigenvalue weighted by atomic mass is 10.0. The summed E-state index contributed by atoms with van der Waals surface area (Å²) in [7, 11) is 0. The van der Waals surface area contributed by atoms with E-state index in [0.29, 0.717) is 5.82 Å². The molecule has 0 radical (unpaired) electrons. The number of nitrogens with zero attached hydrogens (tertiary/aromatic N) is 1. The second-order valence-corrected chi connectivity index (χ2v) is 4.61. The largest absolute Gasteiger partial charge is 0.450 e. The molecule has 0 saturated heterocycles. The van der Waals surface area contributed by atoms with Gasteiger partial charge >= 0.3 is 6.09 Å². The van der Waals surface area contributed by atoms with Crippen LogP contribution in [0.4, 0.5) is 10.6 Å². The monoisotopic (exact) mass is 317 g/mol. The van der Waals surface area contributed by atoms with Gasteiger partial charge in [-0.05, 0) is 49.3 Å². The predicted octanol–water partition coefficient (Wildman–Crippen LogP) is 3.67. The molecular weight excluding hydrogens is 298 g/mol. The summed E-state index contributed by atoms with van der Waals surface area (Å²) in [6.45, 7) is 11.5. The fourth-order valence-electron chi connectivity index (χ4n) is 1.71. The highest BCUT2D eigenvalue weighted by atomic mass is 32.1. The minimum absolute atomic E-state index is 0.109. The van der Waals surface area contributed by atoms with Crippen molar-refractivity contribution in [3.05, 3.63) is 54.8 Å². The first-order chi connectivity index (χ1) is 10.5. The van der Waals surface area contributed by atoms with Crippen LogP contribution in [0.5, 0.6) is 0 Å². The number of ether oxygens (including phenoxy) is 1. The maximum Gasteiger partial charge on any atom is 0.413 e. The fourth-order valence-corrected chi connectivity index (χ4v) is 1.89. The van der Waals surface area contributed by atoms with Crippen molar-refractivity contribution in [2.24, 2.45) is 0 Å². The zero-order chi connectivity index (χ0) is 16.5. The standard InChI is InChI=1S/C16H19N3O2S/c1-5-11(4)12(6-2)13-9-8-10-17-14(13)18-15(22)19-16(20)21-7-3/h5-6,8-10H,1-2,7H2,3-4H3,(H2,17,18,19,20,22)/b12-11+. The molecule has 0 spiro atoms. The van der Waals surface area contributed by atoms with E-state index in [1.807, 2.05) is 19.1 Å². The molecule has 0 aliphatic rings. The minimum Gasteiger partial charge on any atom is -0.450 e. The third kappa shape index (κ3) is 4.82. The van der Waals surface area contributed by atoms with Crippen LogP contribution < -0.4 is 10.6 Å². The van der Waals surface area contributed by atoms with Gasteiger partial charge in [-0.15, -0.1) is 0 Å². The average Bonchev–Trinajstić information content (AvgIpc) is 2.49. The summed E-state index contributed by atoms with van der Waals surface area (Å²) in [5.74, 6) is 0.514. The molecule has 22 heavy (non-hydrogen) atoms. The number of rotatable bonds is 5. The van der Waals surface area contributed by atoms with E-state index in [0.717, 1.165) is 16.7 Å². The number of alkyl carbamates (subject to hydrolysis) is 1. The summed E-state index contributed by atoms with van der Waals surface area (Å²) >= 11 is 5.08. The van der Waals surface area contributed by atoms with Crippen molar-refractivity contribution in [1.82, 2.24) is 10.3 Å². The van der Waals surface area contributed by atoms with Crippen LogP contribution in [0, 0.1) is 0 Å². The van der Waals surface area contributed by atoms with E-state index in [1.54, 1.807) is 25.3 Å². The molecule has 0 aliphatic heterocycles. The lowest BCUT2D eigenvalue weighted by Crippen LogP contribution is -2.35. The topological polar surface area (TPSA) is 63.2 Å². The van der Waals surface area contributed by atoms with E-state index < -0.39 is 6.09 Å². The highest BCUT2D eigenvalue weighted by molar-refractivity contribution is 7.80. The molecule has 0 unspecified atom stereocenters. The maximum absolute atomic E-state index is 11.4. The van der Waals surface area contributed by atoms with Gasteiger partial charge in [-0.1, -0.05) is 25.3 Å². The van der Waals surface area contributed by atoms with Crippen molar-refractivity contribution >= 4 is 34.8 Å². The molecule has 116 valence electrons. The molecule has 0 bridgehead atoms. The Hall–Kier alpha value is -2.47. The second kappa shape index (κ2) is 8.74. The number of hydrogen-bond acceptors (Lipinski definition) is 4. The molecule has 1 rings (SSSR count). The smallest absolute Gasteiger partial charge is 0.413 e. The SMILES string of the molecule is C=C/C(C)=C(\C=C)c1cccnc1NC(=S)NC(=O)OCC. The van der Waals surface area contributed by atoms with Gasteiger partial charge in [-0.3, -0.25) is 5.32 Å². The van der Waals surface area contributed by atoms with Crippen LogP contribution in [0.2, 0.25) is 0 Å². The molecule has 1 aromatic rings. The van der Waals surface area contributed by atoms with Crippen LogP contribution in [-0.2, 0) is 4.74 Å². The number of aromatic nitrogens is 1. The summed E-state index contributed by atoms with van der Waals surface area (Å²) in [6.07, 6.45) is 4.48. The normalized spacial score (nSPS) is 11.0. The molecule has 1 aromatic heterocycles. The Morgan fingerprint density at radius 3 is 2.77 bits per heavy atom. The maximum atomic E-state index is 11.4. The molecule has 1 heterocycles. The first-order valence-electron chi connectivity index (χ1n) is 6.69. The molecule has 0 aromatic carbocycles. The molecule has 0 saturated carbocycles. The van der Waals surface area contributed by atoms with Gasteiger partial charge in [0.25, 0.3) is 0 Å². The molecule has 6 heteroatoms. The van der Waals surface area contributed by atoms with Gasteiger partial charge in [0.2, 0.25) is 0 Å². The van der Waals surface area contributed by atoms with E-state index in [9.17, 15) is 4.79 Å². The van der Waals surface area contributed by atoms with Gasteiger partial charge in [0.1, 0.15) is 5.82 Å². The minimum atomic E-state index is -0.612. The third-order valence-electron chi connectivity index (χ3n) is 2.76. The number of thiocarbonyl (C=S) groups is 1. The molecule has 0 aliphatic carbocycles. The lowest BCUT2D eigenvalue weighted by Gasteiger charge is -2.14. The highest BCUT2D eigenvalue weighted by Crippen LogP contribution is 2.25. The Bertz CT molecular complexity index is 624. The summed E-state index contributed by atoms with van der Waals surface area (Å²) < 4.78 is 4.77. The number of amides is 1. The van der Waals surface area contributed by atoms with Gasteiger partial charge in [0.05, 0.1) is 6.61 Å². The summed E-state index contributed by atoms with van der Waals surface area (Å²) in [4.78, 5) is 15.6. The van der Waals surface area contributed by atoms with Crippen LogP contribution in [-0.4, -0.2) is 22.8 Å². The zero-order valence-corrected chi connectivity index (χ0v) is 13.5. The Labute approximate surface area is 135 Å². The number of nitrogens with one attached hydrogen (secondary N) is 2. The molecule has 1 amide bonds.